The van der Waals surface area contributed by atoms with Crippen LogP contribution < -0.4 is 10.6 Å². The molecule has 0 saturated carbocycles. The molecule has 0 unspecified atom stereocenters. The summed E-state index contributed by atoms with van der Waals surface area (Å²) in [5.41, 5.74) is 0. The van der Waals surface area contributed by atoms with Gasteiger partial charge in [-0.1, -0.05) is 0 Å². The molecule has 3 heterocycles. The second-order valence-electron chi connectivity index (χ2n) is 6.47. The van der Waals surface area contributed by atoms with Crippen molar-refractivity contribution in [1.82, 2.24) is 15.5 Å². The lowest BCUT2D eigenvalue weighted by atomic mass is 9.95. The van der Waals surface area contributed by atoms with E-state index in [9.17, 15) is 9.59 Å². The Labute approximate surface area is 146 Å². The summed E-state index contributed by atoms with van der Waals surface area (Å²) < 4.78 is 5.12. The summed E-state index contributed by atoms with van der Waals surface area (Å²) in [5.74, 6) is 2.49. The highest BCUT2D eigenvalue weighted by atomic mass is 32.2. The minimum absolute atomic E-state index is 0.233. The van der Waals surface area contributed by atoms with Gasteiger partial charge in [-0.2, -0.15) is 11.8 Å². The summed E-state index contributed by atoms with van der Waals surface area (Å²) >= 11 is 2.05. The van der Waals surface area contributed by atoms with Gasteiger partial charge >= 0.3 is 11.8 Å². The van der Waals surface area contributed by atoms with Crippen molar-refractivity contribution in [1.29, 1.82) is 0 Å². The van der Waals surface area contributed by atoms with Gasteiger partial charge in [-0.05, 0) is 56.2 Å². The normalized spacial score (nSPS) is 22.4. The Morgan fingerprint density at radius 2 is 2.00 bits per heavy atom. The van der Waals surface area contributed by atoms with E-state index < -0.39 is 11.8 Å². The van der Waals surface area contributed by atoms with Gasteiger partial charge in [-0.25, -0.2) is 0 Å². The molecular formula is C17H25N3O3S. The monoisotopic (exact) mass is 351 g/mol. The van der Waals surface area contributed by atoms with Gasteiger partial charge in [0.05, 0.1) is 12.8 Å². The minimum atomic E-state index is -0.605. The van der Waals surface area contributed by atoms with E-state index in [4.69, 9.17) is 4.42 Å². The zero-order valence-electron chi connectivity index (χ0n) is 13.8. The highest BCUT2D eigenvalue weighted by molar-refractivity contribution is 7.99. The van der Waals surface area contributed by atoms with E-state index >= 15 is 0 Å². The van der Waals surface area contributed by atoms with Crippen LogP contribution in [0.5, 0.6) is 0 Å². The van der Waals surface area contributed by atoms with Crippen LogP contribution in [0.25, 0.3) is 0 Å². The Morgan fingerprint density at radius 1 is 1.21 bits per heavy atom. The lowest BCUT2D eigenvalue weighted by Gasteiger charge is -2.35. The van der Waals surface area contributed by atoms with Gasteiger partial charge in [-0.3, -0.25) is 14.5 Å². The fourth-order valence-electron chi connectivity index (χ4n) is 3.31. The van der Waals surface area contributed by atoms with Crippen molar-refractivity contribution in [2.75, 3.05) is 31.1 Å². The number of thioether (sulfide) groups is 1. The molecule has 2 amide bonds. The van der Waals surface area contributed by atoms with Crippen molar-refractivity contribution in [3.63, 3.8) is 0 Å². The first-order chi connectivity index (χ1) is 11.7. The average Bonchev–Trinajstić information content (AvgIpc) is 3.31. The third kappa shape index (κ3) is 4.77. The maximum absolute atomic E-state index is 11.9. The van der Waals surface area contributed by atoms with Crippen LogP contribution in [0.15, 0.2) is 22.8 Å². The van der Waals surface area contributed by atoms with Crippen molar-refractivity contribution < 1.29 is 14.0 Å². The Bertz CT molecular complexity index is 535. The molecule has 1 atom stereocenters. The summed E-state index contributed by atoms with van der Waals surface area (Å²) in [6.07, 6.45) is 5.03. The highest BCUT2D eigenvalue weighted by Crippen LogP contribution is 2.26. The first-order valence-corrected chi connectivity index (χ1v) is 9.78. The molecule has 3 rings (SSSR count). The smallest absolute Gasteiger partial charge is 0.309 e. The van der Waals surface area contributed by atoms with Crippen molar-refractivity contribution in [2.45, 2.75) is 31.8 Å². The first kappa shape index (κ1) is 17.4. The molecule has 132 valence electrons. The Morgan fingerprint density at radius 3 is 2.67 bits per heavy atom. The van der Waals surface area contributed by atoms with Gasteiger partial charge in [0.2, 0.25) is 0 Å². The van der Waals surface area contributed by atoms with Gasteiger partial charge in [-0.15, -0.1) is 0 Å². The number of hydrogen-bond donors (Lipinski definition) is 2. The maximum atomic E-state index is 11.9. The van der Waals surface area contributed by atoms with E-state index in [1.807, 2.05) is 11.8 Å². The van der Waals surface area contributed by atoms with Gasteiger partial charge in [0.1, 0.15) is 5.76 Å². The van der Waals surface area contributed by atoms with E-state index in [2.05, 4.69) is 15.5 Å². The zero-order valence-corrected chi connectivity index (χ0v) is 14.6. The molecule has 0 aromatic carbocycles. The number of hydrogen-bond acceptors (Lipinski definition) is 5. The summed E-state index contributed by atoms with van der Waals surface area (Å²) in [6, 6.07) is 4.26. The second kappa shape index (κ2) is 8.58. The highest BCUT2D eigenvalue weighted by Gasteiger charge is 2.27. The van der Waals surface area contributed by atoms with Crippen molar-refractivity contribution >= 4 is 23.6 Å². The quantitative estimate of drug-likeness (QED) is 0.781. The van der Waals surface area contributed by atoms with Crippen LogP contribution in [-0.4, -0.2) is 53.9 Å². The molecule has 2 N–H and O–H groups in total. The number of amides is 2. The fourth-order valence-corrected chi connectivity index (χ4v) is 4.57. The molecular weight excluding hydrogens is 326 g/mol. The molecule has 2 aliphatic rings. The van der Waals surface area contributed by atoms with Crippen molar-refractivity contribution in [3.05, 3.63) is 24.2 Å². The number of piperidine rings is 1. The molecule has 1 aromatic rings. The first-order valence-electron chi connectivity index (χ1n) is 8.62. The predicted octanol–water partition coefficient (Wildman–Crippen LogP) is 1.23. The zero-order chi connectivity index (χ0) is 16.8. The average molecular weight is 351 g/mol. The van der Waals surface area contributed by atoms with Crippen molar-refractivity contribution in [2.24, 2.45) is 5.92 Å². The summed E-state index contributed by atoms with van der Waals surface area (Å²) in [7, 11) is 0. The Hall–Kier alpha value is -1.47. The number of carbonyl (C=O) groups excluding carboxylic acids is 2. The lowest BCUT2D eigenvalue weighted by Crippen LogP contribution is -2.45. The molecule has 0 bridgehead atoms. The SMILES string of the molecule is O=C(NCc1ccco1)C(=O)NCC1CCN([C@H]2CCSC2)CC1. The van der Waals surface area contributed by atoms with E-state index in [0.717, 1.165) is 32.0 Å². The van der Waals surface area contributed by atoms with E-state index in [-0.39, 0.29) is 6.54 Å². The van der Waals surface area contributed by atoms with Crippen LogP contribution >= 0.6 is 11.8 Å². The molecule has 0 aliphatic carbocycles. The Balaban J connectivity index is 1.32. The molecule has 0 radical (unpaired) electrons. The number of rotatable bonds is 5. The largest absolute Gasteiger partial charge is 0.467 e. The van der Waals surface area contributed by atoms with Crippen LogP contribution in [0.3, 0.4) is 0 Å². The third-order valence-corrected chi connectivity index (χ3v) is 5.98. The van der Waals surface area contributed by atoms with Crippen LogP contribution in [-0.2, 0) is 16.1 Å². The van der Waals surface area contributed by atoms with Gasteiger partial charge in [0.25, 0.3) is 0 Å². The molecule has 2 saturated heterocycles. The van der Waals surface area contributed by atoms with Crippen molar-refractivity contribution in [3.8, 4) is 0 Å². The number of nitrogens with one attached hydrogen (secondary N) is 2. The van der Waals surface area contributed by atoms with E-state index in [0.29, 0.717) is 18.2 Å². The maximum Gasteiger partial charge on any atom is 0.309 e. The summed E-state index contributed by atoms with van der Waals surface area (Å²) in [6.45, 7) is 3.03. The number of nitrogens with zero attached hydrogens (tertiary/aromatic N) is 1. The molecule has 24 heavy (non-hydrogen) atoms. The Kier molecular flexibility index (Phi) is 6.20. The number of carbonyl (C=O) groups is 2. The molecule has 1 aromatic heterocycles. The molecule has 2 fully saturated rings. The van der Waals surface area contributed by atoms with Gasteiger partial charge in [0.15, 0.2) is 0 Å². The number of furan rings is 1. The predicted molar refractivity (Wildman–Crippen MR) is 93.6 cm³/mol. The van der Waals surface area contributed by atoms with Gasteiger partial charge < -0.3 is 15.1 Å². The van der Waals surface area contributed by atoms with E-state index in [1.54, 1.807) is 12.1 Å². The molecule has 6 nitrogen and oxygen atoms in total. The standard InChI is InChI=1S/C17H25N3O3S/c21-16(17(22)19-11-15-2-1-8-23-15)18-10-13-3-6-20(7-4-13)14-5-9-24-12-14/h1-2,8,13-14H,3-7,9-12H2,(H,18,21)(H,19,22)/t14-/m0/s1. The fraction of sp³-hybridized carbons (Fsp3) is 0.647. The second-order valence-corrected chi connectivity index (χ2v) is 7.62. The third-order valence-electron chi connectivity index (χ3n) is 4.83. The van der Waals surface area contributed by atoms with Crippen LogP contribution in [0, 0.1) is 5.92 Å². The molecule has 7 heteroatoms. The molecule has 2 aliphatic heterocycles. The molecule has 0 spiro atoms. The van der Waals surface area contributed by atoms with Crippen LogP contribution in [0.2, 0.25) is 0 Å². The van der Waals surface area contributed by atoms with E-state index in [1.165, 1.54) is 24.2 Å². The minimum Gasteiger partial charge on any atom is -0.467 e. The summed E-state index contributed by atoms with van der Waals surface area (Å²) in [4.78, 5) is 26.2. The van der Waals surface area contributed by atoms with Crippen LogP contribution in [0.4, 0.5) is 0 Å². The van der Waals surface area contributed by atoms with Crippen LogP contribution in [0.1, 0.15) is 25.0 Å². The summed E-state index contributed by atoms with van der Waals surface area (Å²) in [5, 5.41) is 5.32. The van der Waals surface area contributed by atoms with Gasteiger partial charge in [0, 0.05) is 18.3 Å². The lowest BCUT2D eigenvalue weighted by molar-refractivity contribution is -0.139. The number of likely N-dealkylation sites (tertiary alicyclic amines) is 1. The topological polar surface area (TPSA) is 74.6 Å².